The van der Waals surface area contributed by atoms with Crippen molar-refractivity contribution in [1.29, 1.82) is 0 Å². The fourth-order valence-corrected chi connectivity index (χ4v) is 0.961. The Morgan fingerprint density at radius 3 is 2.47 bits per heavy atom. The molecular formula is C9H15N3O4S. The van der Waals surface area contributed by atoms with Gasteiger partial charge in [-0.2, -0.15) is 0 Å². The Kier molecular flexibility index (Phi) is 6.80. The quantitative estimate of drug-likeness (QED) is 0.351. The highest BCUT2D eigenvalue weighted by Gasteiger charge is 2.20. The number of nitrogens with one attached hydrogen (secondary N) is 1. The van der Waals surface area contributed by atoms with Crippen LogP contribution in [0.5, 0.6) is 0 Å². The zero-order valence-corrected chi connectivity index (χ0v) is 10.5. The summed E-state index contributed by atoms with van der Waals surface area (Å²) in [6.45, 7) is 1.52. The first kappa shape index (κ1) is 15.3. The first-order chi connectivity index (χ1) is 7.88. The predicted molar refractivity (Wildman–Crippen MR) is 64.1 cm³/mol. The van der Waals surface area contributed by atoms with E-state index < -0.39 is 17.8 Å². The molecule has 0 saturated heterocycles. The number of esters is 1. The van der Waals surface area contributed by atoms with Crippen LogP contribution in [0.4, 0.5) is 0 Å². The first-order valence-corrected chi connectivity index (χ1v) is 5.26. The Labute approximate surface area is 104 Å². The van der Waals surface area contributed by atoms with Gasteiger partial charge in [-0.05, 0) is 6.92 Å². The highest BCUT2D eigenvalue weighted by Crippen LogP contribution is 1.88. The Morgan fingerprint density at radius 1 is 1.41 bits per heavy atom. The molecule has 0 aromatic carbocycles. The highest BCUT2D eigenvalue weighted by atomic mass is 32.1. The van der Waals surface area contributed by atoms with Crippen molar-refractivity contribution in [1.82, 2.24) is 10.2 Å². The molecule has 0 saturated carbocycles. The second-order valence-electron chi connectivity index (χ2n) is 3.12. The minimum atomic E-state index is -0.871. The zero-order valence-electron chi connectivity index (χ0n) is 9.69. The number of amides is 2. The van der Waals surface area contributed by atoms with Gasteiger partial charge in [-0.25, -0.2) is 0 Å². The number of likely N-dealkylation sites (N-methyl/N-ethyl adjacent to an activating group) is 1. The van der Waals surface area contributed by atoms with E-state index in [1.165, 1.54) is 7.05 Å². The van der Waals surface area contributed by atoms with Gasteiger partial charge in [0.05, 0.1) is 18.1 Å². The SMILES string of the molecule is CCOC(=O)CN(C)C(=O)C(=O)NCC(N)=S. The van der Waals surface area contributed by atoms with E-state index in [9.17, 15) is 14.4 Å². The molecule has 0 bridgehead atoms. The zero-order chi connectivity index (χ0) is 13.4. The Morgan fingerprint density at radius 2 is 2.00 bits per heavy atom. The van der Waals surface area contributed by atoms with Crippen molar-refractivity contribution in [3.05, 3.63) is 0 Å². The van der Waals surface area contributed by atoms with E-state index in [1.807, 2.05) is 0 Å². The van der Waals surface area contributed by atoms with Gasteiger partial charge in [-0.1, -0.05) is 12.2 Å². The molecule has 17 heavy (non-hydrogen) atoms. The lowest BCUT2D eigenvalue weighted by molar-refractivity contribution is -0.151. The van der Waals surface area contributed by atoms with Crippen LogP contribution < -0.4 is 11.1 Å². The third kappa shape index (κ3) is 6.46. The van der Waals surface area contributed by atoms with Crippen LogP contribution in [-0.2, 0) is 19.1 Å². The van der Waals surface area contributed by atoms with Crippen LogP contribution >= 0.6 is 12.2 Å². The van der Waals surface area contributed by atoms with E-state index in [-0.39, 0.29) is 24.7 Å². The van der Waals surface area contributed by atoms with Gasteiger partial charge in [-0.15, -0.1) is 0 Å². The van der Waals surface area contributed by atoms with Gasteiger partial charge in [0, 0.05) is 7.05 Å². The van der Waals surface area contributed by atoms with Gasteiger partial charge in [0.2, 0.25) is 0 Å². The molecule has 8 heteroatoms. The summed E-state index contributed by atoms with van der Waals surface area (Å²) in [5, 5.41) is 2.22. The van der Waals surface area contributed by atoms with Gasteiger partial charge >= 0.3 is 17.8 Å². The summed E-state index contributed by atoms with van der Waals surface area (Å²) >= 11 is 4.53. The average molecular weight is 261 g/mol. The summed E-state index contributed by atoms with van der Waals surface area (Å²) in [5.41, 5.74) is 5.15. The topological polar surface area (TPSA) is 102 Å². The summed E-state index contributed by atoms with van der Waals surface area (Å²) in [6, 6.07) is 0. The van der Waals surface area contributed by atoms with E-state index in [1.54, 1.807) is 6.92 Å². The van der Waals surface area contributed by atoms with Gasteiger partial charge in [-0.3, -0.25) is 14.4 Å². The monoisotopic (exact) mass is 261 g/mol. The minimum absolute atomic E-state index is 0.0623. The van der Waals surface area contributed by atoms with E-state index in [4.69, 9.17) is 5.73 Å². The van der Waals surface area contributed by atoms with Gasteiger partial charge in [0.1, 0.15) is 6.54 Å². The summed E-state index contributed by atoms with van der Waals surface area (Å²) in [5.74, 6) is -2.30. The van der Waals surface area contributed by atoms with E-state index in [0.29, 0.717) is 0 Å². The summed E-state index contributed by atoms with van der Waals surface area (Å²) < 4.78 is 4.64. The molecule has 3 N–H and O–H groups in total. The number of nitrogens with zero attached hydrogens (tertiary/aromatic N) is 1. The van der Waals surface area contributed by atoms with Crippen molar-refractivity contribution >= 4 is 35.0 Å². The number of hydrogen-bond donors (Lipinski definition) is 2. The van der Waals surface area contributed by atoms with Crippen molar-refractivity contribution in [3.63, 3.8) is 0 Å². The van der Waals surface area contributed by atoms with Gasteiger partial charge < -0.3 is 20.7 Å². The standard InChI is InChI=1S/C9H15N3O4S/c1-3-16-7(13)5-12(2)9(15)8(14)11-4-6(10)17/h3-5H2,1-2H3,(H2,10,17)(H,11,14). The summed E-state index contributed by atoms with van der Waals surface area (Å²) in [4.78, 5) is 34.8. The molecule has 0 unspecified atom stereocenters. The molecule has 0 spiro atoms. The fourth-order valence-electron chi connectivity index (χ4n) is 0.888. The number of hydrogen-bond acceptors (Lipinski definition) is 5. The molecule has 0 radical (unpaired) electrons. The minimum Gasteiger partial charge on any atom is -0.465 e. The van der Waals surface area contributed by atoms with Gasteiger partial charge in [0.25, 0.3) is 0 Å². The van der Waals surface area contributed by atoms with E-state index in [0.717, 1.165) is 4.90 Å². The number of ether oxygens (including phenoxy) is 1. The number of nitrogens with two attached hydrogens (primary N) is 1. The molecule has 0 aromatic rings. The molecule has 2 amide bonds. The van der Waals surface area contributed by atoms with Gasteiger partial charge in [0.15, 0.2) is 0 Å². The lowest BCUT2D eigenvalue weighted by atomic mass is 10.4. The Balaban J connectivity index is 4.15. The van der Waals surface area contributed by atoms with Crippen molar-refractivity contribution < 1.29 is 19.1 Å². The molecule has 0 heterocycles. The summed E-state index contributed by atoms with van der Waals surface area (Å²) in [7, 11) is 1.32. The van der Waals surface area contributed by atoms with Crippen LogP contribution in [0.15, 0.2) is 0 Å². The fraction of sp³-hybridized carbons (Fsp3) is 0.556. The van der Waals surface area contributed by atoms with Crippen LogP contribution in [0.25, 0.3) is 0 Å². The van der Waals surface area contributed by atoms with Crippen molar-refractivity contribution in [2.75, 3.05) is 26.7 Å². The second-order valence-corrected chi connectivity index (χ2v) is 3.64. The maximum absolute atomic E-state index is 11.4. The van der Waals surface area contributed by atoms with Crippen LogP contribution in [0, 0.1) is 0 Å². The van der Waals surface area contributed by atoms with Crippen molar-refractivity contribution in [2.45, 2.75) is 6.92 Å². The molecule has 7 nitrogen and oxygen atoms in total. The van der Waals surface area contributed by atoms with Crippen LogP contribution in [0.1, 0.15) is 6.92 Å². The predicted octanol–water partition coefficient (Wildman–Crippen LogP) is -1.59. The smallest absolute Gasteiger partial charge is 0.325 e. The lowest BCUT2D eigenvalue weighted by Crippen LogP contribution is -2.45. The number of carbonyl (C=O) groups is 3. The molecule has 96 valence electrons. The maximum Gasteiger partial charge on any atom is 0.325 e. The first-order valence-electron chi connectivity index (χ1n) is 4.85. The third-order valence-corrected chi connectivity index (χ3v) is 1.78. The molecule has 0 fully saturated rings. The van der Waals surface area contributed by atoms with E-state index in [2.05, 4.69) is 22.3 Å². The molecular weight excluding hydrogens is 246 g/mol. The Bertz CT molecular complexity index is 332. The number of carbonyl (C=O) groups excluding carboxylic acids is 3. The van der Waals surface area contributed by atoms with Crippen molar-refractivity contribution in [3.8, 4) is 0 Å². The maximum atomic E-state index is 11.4. The normalized spacial score (nSPS) is 9.29. The largest absolute Gasteiger partial charge is 0.465 e. The molecule has 0 atom stereocenters. The molecule has 0 aliphatic heterocycles. The molecule has 0 aliphatic carbocycles. The molecule has 0 rings (SSSR count). The highest BCUT2D eigenvalue weighted by molar-refractivity contribution is 7.80. The lowest BCUT2D eigenvalue weighted by Gasteiger charge is -2.15. The molecule has 0 aliphatic rings. The van der Waals surface area contributed by atoms with E-state index >= 15 is 0 Å². The summed E-state index contributed by atoms with van der Waals surface area (Å²) in [6.07, 6.45) is 0. The Hall–Kier alpha value is -1.70. The average Bonchev–Trinajstić information content (AvgIpc) is 2.24. The third-order valence-electron chi connectivity index (χ3n) is 1.64. The van der Waals surface area contributed by atoms with Crippen LogP contribution in [-0.4, -0.2) is 54.4 Å². The van der Waals surface area contributed by atoms with Crippen LogP contribution in [0.3, 0.4) is 0 Å². The molecule has 0 aromatic heterocycles. The number of rotatable bonds is 5. The number of thiocarbonyl (C=S) groups is 1. The van der Waals surface area contributed by atoms with Crippen LogP contribution in [0.2, 0.25) is 0 Å². The van der Waals surface area contributed by atoms with Crippen molar-refractivity contribution in [2.24, 2.45) is 5.73 Å². The second kappa shape index (κ2) is 7.55.